The lowest BCUT2D eigenvalue weighted by molar-refractivity contribution is -0.126. The van der Waals surface area contributed by atoms with E-state index in [0.29, 0.717) is 30.3 Å². The normalized spacial score (nSPS) is 23.5. The molecular weight excluding hydrogens is 268 g/mol. The van der Waals surface area contributed by atoms with Crippen molar-refractivity contribution >= 4 is 29.2 Å². The van der Waals surface area contributed by atoms with E-state index in [0.717, 1.165) is 0 Å². The van der Waals surface area contributed by atoms with Crippen LogP contribution in [0.5, 0.6) is 0 Å². The number of anilines is 1. The molecule has 2 fully saturated rings. The molecule has 0 saturated carbocycles. The van der Waals surface area contributed by atoms with Gasteiger partial charge in [-0.2, -0.15) is 0 Å². The monoisotopic (exact) mass is 280 g/mol. The average Bonchev–Trinajstić information content (AvgIpc) is 2.98. The van der Waals surface area contributed by atoms with E-state index in [9.17, 15) is 9.59 Å². The lowest BCUT2D eigenvalue weighted by Gasteiger charge is -2.21. The number of halogens is 1. The molecule has 3 rings (SSSR count). The number of imide groups is 1. The number of carbonyl (C=O) groups is 2. The molecule has 3 amide bonds. The van der Waals surface area contributed by atoms with Gasteiger partial charge in [-0.25, -0.2) is 4.79 Å². The fourth-order valence-electron chi connectivity index (χ4n) is 2.45. The molecule has 0 N–H and O–H groups in total. The molecule has 1 aromatic carbocycles. The van der Waals surface area contributed by atoms with E-state index in [1.165, 1.54) is 9.80 Å². The first-order chi connectivity index (χ1) is 9.16. The topological polar surface area (TPSA) is 49.9 Å². The Kier molecular flexibility index (Phi) is 3.16. The molecule has 1 atom stereocenters. The first-order valence-corrected chi connectivity index (χ1v) is 6.51. The summed E-state index contributed by atoms with van der Waals surface area (Å²) in [6.07, 6.45) is 0.709. The van der Waals surface area contributed by atoms with Gasteiger partial charge in [-0.15, -0.1) is 0 Å². The van der Waals surface area contributed by atoms with Crippen molar-refractivity contribution < 1.29 is 14.3 Å². The third kappa shape index (κ3) is 2.19. The third-order valence-electron chi connectivity index (χ3n) is 3.39. The molecule has 6 heteroatoms. The van der Waals surface area contributed by atoms with E-state index in [1.807, 2.05) is 0 Å². The Labute approximate surface area is 115 Å². The first-order valence-electron chi connectivity index (χ1n) is 6.13. The molecule has 2 aliphatic rings. The minimum absolute atomic E-state index is 0.0652. The second-order valence-corrected chi connectivity index (χ2v) is 5.07. The second kappa shape index (κ2) is 4.83. The SMILES string of the molecule is O=C1CN(c2cccc(Cl)c2)C(=O)N1C1CCOC1. The zero-order valence-electron chi connectivity index (χ0n) is 10.2. The van der Waals surface area contributed by atoms with E-state index in [1.54, 1.807) is 24.3 Å². The summed E-state index contributed by atoms with van der Waals surface area (Å²) >= 11 is 5.91. The van der Waals surface area contributed by atoms with Crippen molar-refractivity contribution in [2.24, 2.45) is 0 Å². The van der Waals surface area contributed by atoms with Gasteiger partial charge < -0.3 is 4.74 Å². The van der Waals surface area contributed by atoms with Crippen LogP contribution < -0.4 is 4.90 Å². The van der Waals surface area contributed by atoms with E-state index in [2.05, 4.69) is 0 Å². The highest BCUT2D eigenvalue weighted by atomic mass is 35.5. The number of hydrogen-bond donors (Lipinski definition) is 0. The van der Waals surface area contributed by atoms with E-state index in [4.69, 9.17) is 16.3 Å². The predicted molar refractivity (Wildman–Crippen MR) is 70.3 cm³/mol. The molecule has 2 saturated heterocycles. The summed E-state index contributed by atoms with van der Waals surface area (Å²) in [5, 5.41) is 0.542. The molecule has 0 bridgehead atoms. The summed E-state index contributed by atoms with van der Waals surface area (Å²) < 4.78 is 5.24. The van der Waals surface area contributed by atoms with Gasteiger partial charge in [0.2, 0.25) is 0 Å². The van der Waals surface area contributed by atoms with Gasteiger partial charge >= 0.3 is 6.03 Å². The lowest BCUT2D eigenvalue weighted by Crippen LogP contribution is -2.41. The van der Waals surface area contributed by atoms with Crippen LogP contribution in [0.15, 0.2) is 24.3 Å². The van der Waals surface area contributed by atoms with E-state index in [-0.39, 0.29) is 24.5 Å². The highest BCUT2D eigenvalue weighted by Gasteiger charge is 2.42. The quantitative estimate of drug-likeness (QED) is 0.778. The molecule has 0 spiro atoms. The minimum atomic E-state index is -0.289. The van der Waals surface area contributed by atoms with Crippen molar-refractivity contribution in [1.82, 2.24) is 4.90 Å². The fraction of sp³-hybridized carbons (Fsp3) is 0.385. The average molecular weight is 281 g/mol. The van der Waals surface area contributed by atoms with Gasteiger partial charge in [-0.3, -0.25) is 14.6 Å². The molecule has 5 nitrogen and oxygen atoms in total. The highest BCUT2D eigenvalue weighted by molar-refractivity contribution is 6.31. The fourth-order valence-corrected chi connectivity index (χ4v) is 2.63. The Balaban J connectivity index is 1.86. The second-order valence-electron chi connectivity index (χ2n) is 4.63. The summed E-state index contributed by atoms with van der Waals surface area (Å²) in [5.41, 5.74) is 0.646. The zero-order valence-corrected chi connectivity index (χ0v) is 11.0. The van der Waals surface area contributed by atoms with Crippen molar-refractivity contribution in [3.63, 3.8) is 0 Å². The van der Waals surface area contributed by atoms with Crippen LogP contribution in [-0.4, -0.2) is 42.6 Å². The Morgan fingerprint density at radius 2 is 2.16 bits per heavy atom. The van der Waals surface area contributed by atoms with Crippen molar-refractivity contribution in [2.75, 3.05) is 24.7 Å². The van der Waals surface area contributed by atoms with Crippen LogP contribution in [0.3, 0.4) is 0 Å². The number of benzene rings is 1. The number of rotatable bonds is 2. The van der Waals surface area contributed by atoms with E-state index < -0.39 is 0 Å². The van der Waals surface area contributed by atoms with Crippen LogP contribution in [0.25, 0.3) is 0 Å². The number of amides is 3. The largest absolute Gasteiger partial charge is 0.379 e. The Bertz CT molecular complexity index is 528. The number of nitrogens with zero attached hydrogens (tertiary/aromatic N) is 2. The van der Waals surface area contributed by atoms with Crippen LogP contribution in [0.2, 0.25) is 5.02 Å². The summed E-state index contributed by atoms with van der Waals surface area (Å²) in [4.78, 5) is 27.1. The van der Waals surface area contributed by atoms with Gasteiger partial charge in [0.1, 0.15) is 6.54 Å². The van der Waals surface area contributed by atoms with Crippen molar-refractivity contribution in [3.8, 4) is 0 Å². The molecular formula is C13H13ClN2O3. The van der Waals surface area contributed by atoms with E-state index >= 15 is 0 Å². The molecule has 1 unspecified atom stereocenters. The van der Waals surface area contributed by atoms with Crippen molar-refractivity contribution in [3.05, 3.63) is 29.3 Å². The maximum absolute atomic E-state index is 12.3. The van der Waals surface area contributed by atoms with Crippen LogP contribution in [0.1, 0.15) is 6.42 Å². The summed E-state index contributed by atoms with van der Waals surface area (Å²) in [5.74, 6) is -0.180. The Morgan fingerprint density at radius 3 is 2.84 bits per heavy atom. The maximum atomic E-state index is 12.3. The Morgan fingerprint density at radius 1 is 1.32 bits per heavy atom. The molecule has 0 aromatic heterocycles. The summed E-state index contributed by atoms with van der Waals surface area (Å²) in [6, 6.07) is 6.52. The van der Waals surface area contributed by atoms with Crippen LogP contribution in [0.4, 0.5) is 10.5 Å². The third-order valence-corrected chi connectivity index (χ3v) is 3.62. The molecule has 0 radical (unpaired) electrons. The molecule has 100 valence electrons. The number of hydrogen-bond acceptors (Lipinski definition) is 3. The van der Waals surface area contributed by atoms with Gasteiger partial charge in [-0.1, -0.05) is 17.7 Å². The maximum Gasteiger partial charge on any atom is 0.332 e. The minimum Gasteiger partial charge on any atom is -0.379 e. The first kappa shape index (κ1) is 12.4. The number of carbonyl (C=O) groups excluding carboxylic acids is 2. The van der Waals surface area contributed by atoms with Crippen LogP contribution >= 0.6 is 11.6 Å². The molecule has 0 aliphatic carbocycles. The van der Waals surface area contributed by atoms with Crippen molar-refractivity contribution in [1.29, 1.82) is 0 Å². The van der Waals surface area contributed by atoms with Crippen molar-refractivity contribution in [2.45, 2.75) is 12.5 Å². The molecule has 19 heavy (non-hydrogen) atoms. The number of urea groups is 1. The Hall–Kier alpha value is -1.59. The molecule has 1 aromatic rings. The highest BCUT2D eigenvalue weighted by Crippen LogP contribution is 2.26. The zero-order chi connectivity index (χ0) is 13.4. The van der Waals surface area contributed by atoms with Gasteiger partial charge in [0.05, 0.1) is 12.6 Å². The number of ether oxygens (including phenoxy) is 1. The molecule has 2 aliphatic heterocycles. The van der Waals surface area contributed by atoms with Gasteiger partial charge in [0.15, 0.2) is 0 Å². The van der Waals surface area contributed by atoms with Gasteiger partial charge in [-0.05, 0) is 24.6 Å². The standard InChI is InChI=1S/C13H13ClN2O3/c14-9-2-1-3-10(6-9)15-7-12(17)16(13(15)18)11-4-5-19-8-11/h1-3,6,11H,4-5,7-8H2. The lowest BCUT2D eigenvalue weighted by atomic mass is 10.2. The molecule has 2 heterocycles. The summed E-state index contributed by atoms with van der Waals surface area (Å²) in [7, 11) is 0. The van der Waals surface area contributed by atoms with Crippen LogP contribution in [-0.2, 0) is 9.53 Å². The summed E-state index contributed by atoms with van der Waals surface area (Å²) in [6.45, 7) is 1.09. The predicted octanol–water partition coefficient (Wildman–Crippen LogP) is 1.90. The smallest absolute Gasteiger partial charge is 0.332 e. The van der Waals surface area contributed by atoms with Gasteiger partial charge in [0.25, 0.3) is 5.91 Å². The van der Waals surface area contributed by atoms with Crippen LogP contribution in [0, 0.1) is 0 Å². The van der Waals surface area contributed by atoms with Gasteiger partial charge in [0, 0.05) is 17.3 Å².